The summed E-state index contributed by atoms with van der Waals surface area (Å²) in [5, 5.41) is 9.47. The molecule has 1 N–H and O–H groups in total. The van der Waals surface area contributed by atoms with Gasteiger partial charge in [0.1, 0.15) is 5.82 Å². The second kappa shape index (κ2) is 5.47. The Balaban J connectivity index is 2.22. The minimum Gasteiger partial charge on any atom is -0.389 e. The fraction of sp³-hybridized carbons (Fsp3) is 0.600. The summed E-state index contributed by atoms with van der Waals surface area (Å²) in [5.41, 5.74) is 0.980. The summed E-state index contributed by atoms with van der Waals surface area (Å²) in [6.07, 6.45) is 1.34. The van der Waals surface area contributed by atoms with Gasteiger partial charge in [-0.05, 0) is 44.4 Å². The number of halogens is 1. The Kier molecular flexibility index (Phi) is 4.11. The molecule has 0 spiro atoms. The summed E-state index contributed by atoms with van der Waals surface area (Å²) in [6.45, 7) is 5.22. The second-order valence-corrected chi connectivity index (χ2v) is 5.57. The van der Waals surface area contributed by atoms with Gasteiger partial charge < -0.3 is 14.7 Å². The van der Waals surface area contributed by atoms with Crippen molar-refractivity contribution < 1.29 is 14.2 Å². The maximum absolute atomic E-state index is 14.2. The van der Waals surface area contributed by atoms with Gasteiger partial charge in [0.15, 0.2) is 0 Å². The molecule has 0 saturated carbocycles. The number of aliphatic hydroxyl groups is 1. The Labute approximate surface area is 114 Å². The van der Waals surface area contributed by atoms with E-state index in [0.29, 0.717) is 17.8 Å². The molecule has 0 aromatic heterocycles. The van der Waals surface area contributed by atoms with Crippen LogP contribution >= 0.6 is 0 Å². The molecule has 4 heteroatoms. The van der Waals surface area contributed by atoms with E-state index in [9.17, 15) is 9.50 Å². The van der Waals surface area contributed by atoms with E-state index in [1.54, 1.807) is 26.2 Å². The molecule has 1 heterocycles. The van der Waals surface area contributed by atoms with E-state index in [0.717, 1.165) is 19.4 Å². The first-order valence-electron chi connectivity index (χ1n) is 6.73. The number of ether oxygens (including phenoxy) is 1. The van der Waals surface area contributed by atoms with Crippen LogP contribution in [0.2, 0.25) is 0 Å². The monoisotopic (exact) mass is 267 g/mol. The van der Waals surface area contributed by atoms with Crippen LogP contribution in [0, 0.1) is 5.82 Å². The number of piperidine rings is 1. The Morgan fingerprint density at radius 3 is 2.79 bits per heavy atom. The first-order valence-corrected chi connectivity index (χ1v) is 6.73. The van der Waals surface area contributed by atoms with Gasteiger partial charge in [-0.1, -0.05) is 6.07 Å². The summed E-state index contributed by atoms with van der Waals surface area (Å²) in [5.74, 6) is -0.279. The lowest BCUT2D eigenvalue weighted by Crippen LogP contribution is -2.47. The van der Waals surface area contributed by atoms with E-state index in [-0.39, 0.29) is 11.4 Å². The molecule has 1 fully saturated rings. The van der Waals surface area contributed by atoms with E-state index >= 15 is 0 Å². The third-order valence-corrected chi connectivity index (χ3v) is 3.95. The number of methoxy groups -OCH3 is 1. The molecule has 106 valence electrons. The van der Waals surface area contributed by atoms with Gasteiger partial charge in [0.2, 0.25) is 0 Å². The lowest BCUT2D eigenvalue weighted by atomic mass is 9.94. The van der Waals surface area contributed by atoms with Crippen molar-refractivity contribution in [2.75, 3.05) is 25.1 Å². The maximum Gasteiger partial charge on any atom is 0.146 e. The lowest BCUT2D eigenvalue weighted by Gasteiger charge is -2.40. The molecule has 0 bridgehead atoms. The zero-order valence-corrected chi connectivity index (χ0v) is 11.8. The molecule has 19 heavy (non-hydrogen) atoms. The molecule has 0 amide bonds. The number of nitrogens with zero attached hydrogens (tertiary/aromatic N) is 1. The molecule has 1 aliphatic heterocycles. The summed E-state index contributed by atoms with van der Waals surface area (Å²) in [6, 6.07) is 4.94. The number of anilines is 1. The standard InChI is InChI=1S/C15H22FNO2/c1-11(18)12-5-6-14(13(16)9-12)17-8-4-7-15(2,10-17)19-3/h5-6,9,11,18H,4,7-8,10H2,1-3H3/t11-,15?/m1/s1. The largest absolute Gasteiger partial charge is 0.389 e. The average molecular weight is 267 g/mol. The van der Waals surface area contributed by atoms with Crippen molar-refractivity contribution in [3.05, 3.63) is 29.6 Å². The zero-order chi connectivity index (χ0) is 14.0. The van der Waals surface area contributed by atoms with E-state index < -0.39 is 6.10 Å². The molecule has 1 aromatic carbocycles. The fourth-order valence-corrected chi connectivity index (χ4v) is 2.62. The molecule has 1 unspecified atom stereocenters. The quantitative estimate of drug-likeness (QED) is 0.914. The van der Waals surface area contributed by atoms with Gasteiger partial charge in [0, 0.05) is 20.2 Å². The maximum atomic E-state index is 14.2. The van der Waals surface area contributed by atoms with Crippen molar-refractivity contribution in [2.24, 2.45) is 0 Å². The molecule has 1 aromatic rings. The second-order valence-electron chi connectivity index (χ2n) is 5.57. The van der Waals surface area contributed by atoms with Crippen molar-refractivity contribution in [1.82, 2.24) is 0 Å². The summed E-state index contributed by atoms with van der Waals surface area (Å²) in [7, 11) is 1.70. The Morgan fingerprint density at radius 2 is 2.21 bits per heavy atom. The van der Waals surface area contributed by atoms with E-state index in [2.05, 4.69) is 6.92 Å². The van der Waals surface area contributed by atoms with Crippen LogP contribution in [0.15, 0.2) is 18.2 Å². The van der Waals surface area contributed by atoms with Gasteiger partial charge in [-0.2, -0.15) is 0 Å². The normalized spacial score (nSPS) is 25.4. The Morgan fingerprint density at radius 1 is 1.47 bits per heavy atom. The Bertz CT molecular complexity index is 450. The van der Waals surface area contributed by atoms with Gasteiger partial charge in [0.25, 0.3) is 0 Å². The number of rotatable bonds is 3. The highest BCUT2D eigenvalue weighted by molar-refractivity contribution is 5.50. The number of hydrogen-bond donors (Lipinski definition) is 1. The number of hydrogen-bond acceptors (Lipinski definition) is 3. The van der Waals surface area contributed by atoms with Crippen molar-refractivity contribution in [3.8, 4) is 0 Å². The van der Waals surface area contributed by atoms with Crippen LogP contribution in [0.1, 0.15) is 38.4 Å². The third-order valence-electron chi connectivity index (χ3n) is 3.95. The molecule has 0 aliphatic carbocycles. The first-order chi connectivity index (χ1) is 8.95. The zero-order valence-electron chi connectivity index (χ0n) is 11.8. The van der Waals surface area contributed by atoms with E-state index in [1.807, 2.05) is 4.90 Å². The molecular formula is C15H22FNO2. The highest BCUT2D eigenvalue weighted by Crippen LogP contribution is 2.30. The van der Waals surface area contributed by atoms with Gasteiger partial charge in [0.05, 0.1) is 17.4 Å². The number of benzene rings is 1. The van der Waals surface area contributed by atoms with Gasteiger partial charge in [-0.3, -0.25) is 0 Å². The summed E-state index contributed by atoms with van der Waals surface area (Å²) in [4.78, 5) is 2.02. The van der Waals surface area contributed by atoms with Crippen LogP contribution in [0.25, 0.3) is 0 Å². The molecule has 2 atom stereocenters. The van der Waals surface area contributed by atoms with Gasteiger partial charge in [-0.25, -0.2) is 4.39 Å². The minimum atomic E-state index is -0.644. The van der Waals surface area contributed by atoms with Gasteiger partial charge >= 0.3 is 0 Å². The van der Waals surface area contributed by atoms with Crippen LogP contribution in [0.3, 0.4) is 0 Å². The molecule has 1 saturated heterocycles. The van der Waals surface area contributed by atoms with Crippen LogP contribution in [0.4, 0.5) is 10.1 Å². The lowest BCUT2D eigenvalue weighted by molar-refractivity contribution is -0.00477. The topological polar surface area (TPSA) is 32.7 Å². The minimum absolute atomic E-state index is 0.215. The molecule has 1 aliphatic rings. The fourth-order valence-electron chi connectivity index (χ4n) is 2.62. The molecule has 0 radical (unpaired) electrons. The summed E-state index contributed by atoms with van der Waals surface area (Å²) < 4.78 is 19.7. The smallest absolute Gasteiger partial charge is 0.146 e. The summed E-state index contributed by atoms with van der Waals surface area (Å²) >= 11 is 0. The number of aliphatic hydroxyl groups excluding tert-OH is 1. The average Bonchev–Trinajstić information content (AvgIpc) is 2.38. The third kappa shape index (κ3) is 3.07. The first kappa shape index (κ1) is 14.3. The van der Waals surface area contributed by atoms with Crippen LogP contribution < -0.4 is 4.90 Å². The van der Waals surface area contributed by atoms with Crippen LogP contribution in [-0.4, -0.2) is 30.9 Å². The van der Waals surface area contributed by atoms with Crippen LogP contribution in [-0.2, 0) is 4.74 Å². The highest BCUT2D eigenvalue weighted by Gasteiger charge is 2.31. The SMILES string of the molecule is COC1(C)CCCN(c2ccc([C@@H](C)O)cc2F)C1. The van der Waals surface area contributed by atoms with Crippen molar-refractivity contribution in [1.29, 1.82) is 0 Å². The van der Waals surface area contributed by atoms with Crippen molar-refractivity contribution >= 4 is 5.69 Å². The van der Waals surface area contributed by atoms with Crippen molar-refractivity contribution in [3.63, 3.8) is 0 Å². The predicted octanol–water partition coefficient (Wildman–Crippen LogP) is 2.88. The predicted molar refractivity (Wildman–Crippen MR) is 73.9 cm³/mol. The molecule has 3 nitrogen and oxygen atoms in total. The van der Waals surface area contributed by atoms with Crippen LogP contribution in [0.5, 0.6) is 0 Å². The van der Waals surface area contributed by atoms with E-state index in [1.165, 1.54) is 6.07 Å². The Hall–Kier alpha value is -1.13. The van der Waals surface area contributed by atoms with Crippen molar-refractivity contribution in [2.45, 2.75) is 38.4 Å². The van der Waals surface area contributed by atoms with Gasteiger partial charge in [-0.15, -0.1) is 0 Å². The van der Waals surface area contributed by atoms with E-state index in [4.69, 9.17) is 4.74 Å². The molecule has 2 rings (SSSR count). The highest BCUT2D eigenvalue weighted by atomic mass is 19.1. The molecular weight excluding hydrogens is 245 g/mol.